The van der Waals surface area contributed by atoms with Gasteiger partial charge in [-0.2, -0.15) is 9.97 Å². The van der Waals surface area contributed by atoms with Gasteiger partial charge in [0.05, 0.1) is 0 Å². The van der Waals surface area contributed by atoms with Crippen LogP contribution in [-0.2, 0) is 6.54 Å². The van der Waals surface area contributed by atoms with Gasteiger partial charge < -0.3 is 25.8 Å². The number of anilines is 3. The zero-order valence-electron chi connectivity index (χ0n) is 13.3. The van der Waals surface area contributed by atoms with Crippen LogP contribution in [0.4, 0.5) is 17.6 Å². The number of fused-ring (bicyclic) bond motifs is 1. The molecule has 0 aliphatic carbocycles. The Bertz CT molecular complexity index is 725. The number of hydrogen-bond acceptors (Lipinski definition) is 8. The summed E-state index contributed by atoms with van der Waals surface area (Å²) in [6.45, 7) is 4.83. The van der Waals surface area contributed by atoms with E-state index in [2.05, 4.69) is 31.9 Å². The average Bonchev–Trinajstić information content (AvgIpc) is 3.02. The first-order chi connectivity index (χ1) is 11.7. The minimum Gasteiger partial charge on any atom is -0.454 e. The molecule has 4 N–H and O–H groups in total. The normalized spacial score (nSPS) is 17.2. The fourth-order valence-corrected chi connectivity index (χ4v) is 3.07. The molecule has 0 bridgehead atoms. The molecule has 8 heteroatoms. The highest BCUT2D eigenvalue weighted by Crippen LogP contribution is 2.32. The summed E-state index contributed by atoms with van der Waals surface area (Å²) in [4.78, 5) is 12.8. The van der Waals surface area contributed by atoms with Gasteiger partial charge in [-0.25, -0.2) is 0 Å². The fraction of sp³-hybridized carbons (Fsp3) is 0.375. The molecule has 0 radical (unpaired) electrons. The number of nitrogens with two attached hydrogens (primary N) is 2. The molecule has 126 valence electrons. The van der Waals surface area contributed by atoms with Crippen LogP contribution in [0.3, 0.4) is 0 Å². The smallest absolute Gasteiger partial charge is 0.231 e. The van der Waals surface area contributed by atoms with Gasteiger partial charge >= 0.3 is 0 Å². The second kappa shape index (κ2) is 6.04. The van der Waals surface area contributed by atoms with Crippen LogP contribution in [0.2, 0.25) is 0 Å². The highest BCUT2D eigenvalue weighted by atomic mass is 16.7. The van der Waals surface area contributed by atoms with E-state index in [-0.39, 0.29) is 5.95 Å². The molecular weight excluding hydrogens is 308 g/mol. The maximum absolute atomic E-state index is 5.75. The number of aromatic nitrogens is 2. The van der Waals surface area contributed by atoms with Gasteiger partial charge in [-0.05, 0) is 17.7 Å². The molecule has 1 aromatic carbocycles. The van der Waals surface area contributed by atoms with Crippen LogP contribution < -0.4 is 25.8 Å². The van der Waals surface area contributed by atoms with Crippen LogP contribution in [0.25, 0.3) is 0 Å². The SMILES string of the molecule is Nc1cc(N2CCN(Cc3ccc4c(c3)OCO4)CC2)nc(N)n1. The maximum Gasteiger partial charge on any atom is 0.231 e. The molecule has 8 nitrogen and oxygen atoms in total. The van der Waals surface area contributed by atoms with Gasteiger partial charge in [0.25, 0.3) is 0 Å². The second-order valence-corrected chi connectivity index (χ2v) is 5.96. The van der Waals surface area contributed by atoms with E-state index < -0.39 is 0 Å². The third-order valence-electron chi connectivity index (χ3n) is 4.29. The topological polar surface area (TPSA) is 103 Å². The van der Waals surface area contributed by atoms with Crippen molar-refractivity contribution in [3.63, 3.8) is 0 Å². The number of rotatable bonds is 3. The molecule has 0 saturated carbocycles. The number of piperazine rings is 1. The Labute approximate surface area is 140 Å². The van der Waals surface area contributed by atoms with E-state index in [1.807, 2.05) is 6.07 Å². The summed E-state index contributed by atoms with van der Waals surface area (Å²) in [6, 6.07) is 7.89. The summed E-state index contributed by atoms with van der Waals surface area (Å²) in [7, 11) is 0. The number of ether oxygens (including phenoxy) is 2. The molecule has 3 heterocycles. The van der Waals surface area contributed by atoms with Crippen molar-refractivity contribution >= 4 is 17.6 Å². The molecule has 0 atom stereocenters. The van der Waals surface area contributed by atoms with Gasteiger partial charge in [0.15, 0.2) is 11.5 Å². The summed E-state index contributed by atoms with van der Waals surface area (Å²) >= 11 is 0. The summed E-state index contributed by atoms with van der Waals surface area (Å²) in [5.41, 5.74) is 12.7. The lowest BCUT2D eigenvalue weighted by atomic mass is 10.1. The molecule has 2 aromatic rings. The predicted molar refractivity (Wildman–Crippen MR) is 90.9 cm³/mol. The van der Waals surface area contributed by atoms with Crippen LogP contribution in [0.5, 0.6) is 11.5 Å². The monoisotopic (exact) mass is 328 g/mol. The second-order valence-electron chi connectivity index (χ2n) is 5.96. The zero-order valence-corrected chi connectivity index (χ0v) is 13.3. The number of hydrogen-bond donors (Lipinski definition) is 2. The molecule has 0 unspecified atom stereocenters. The van der Waals surface area contributed by atoms with Gasteiger partial charge in [-0.15, -0.1) is 0 Å². The molecule has 0 spiro atoms. The first kappa shape index (κ1) is 14.8. The van der Waals surface area contributed by atoms with Crippen molar-refractivity contribution in [1.82, 2.24) is 14.9 Å². The van der Waals surface area contributed by atoms with Crippen LogP contribution in [0.15, 0.2) is 24.3 Å². The van der Waals surface area contributed by atoms with Crippen LogP contribution in [-0.4, -0.2) is 47.8 Å². The van der Waals surface area contributed by atoms with E-state index in [1.54, 1.807) is 6.07 Å². The molecule has 0 amide bonds. The summed E-state index contributed by atoms with van der Waals surface area (Å²) in [6.07, 6.45) is 0. The highest BCUT2D eigenvalue weighted by Gasteiger charge is 2.20. The molecule has 2 aliphatic heterocycles. The Balaban J connectivity index is 1.37. The number of nitrogens with zero attached hydrogens (tertiary/aromatic N) is 4. The Hall–Kier alpha value is -2.74. The van der Waals surface area contributed by atoms with E-state index in [1.165, 1.54) is 5.56 Å². The Morgan fingerprint density at radius 1 is 0.958 bits per heavy atom. The van der Waals surface area contributed by atoms with E-state index in [0.717, 1.165) is 50.0 Å². The largest absolute Gasteiger partial charge is 0.454 e. The zero-order chi connectivity index (χ0) is 16.5. The quantitative estimate of drug-likeness (QED) is 0.848. The van der Waals surface area contributed by atoms with Gasteiger partial charge in [-0.1, -0.05) is 6.07 Å². The van der Waals surface area contributed by atoms with Crippen molar-refractivity contribution in [1.29, 1.82) is 0 Å². The van der Waals surface area contributed by atoms with Crippen molar-refractivity contribution < 1.29 is 9.47 Å². The lowest BCUT2D eigenvalue weighted by Crippen LogP contribution is -2.46. The van der Waals surface area contributed by atoms with Crippen LogP contribution in [0, 0.1) is 0 Å². The molecule has 1 fully saturated rings. The van der Waals surface area contributed by atoms with E-state index in [9.17, 15) is 0 Å². The van der Waals surface area contributed by atoms with Crippen molar-refractivity contribution in [3.05, 3.63) is 29.8 Å². The predicted octanol–water partition coefficient (Wildman–Crippen LogP) is 0.692. The van der Waals surface area contributed by atoms with Crippen molar-refractivity contribution in [2.45, 2.75) is 6.54 Å². The van der Waals surface area contributed by atoms with E-state index in [0.29, 0.717) is 12.6 Å². The Morgan fingerprint density at radius 2 is 1.75 bits per heavy atom. The maximum atomic E-state index is 5.75. The van der Waals surface area contributed by atoms with E-state index >= 15 is 0 Å². The van der Waals surface area contributed by atoms with Crippen LogP contribution >= 0.6 is 0 Å². The van der Waals surface area contributed by atoms with E-state index in [4.69, 9.17) is 20.9 Å². The van der Waals surface area contributed by atoms with Crippen molar-refractivity contribution in [2.75, 3.05) is 49.3 Å². The fourth-order valence-electron chi connectivity index (χ4n) is 3.07. The highest BCUT2D eigenvalue weighted by molar-refractivity contribution is 5.50. The summed E-state index contributed by atoms with van der Waals surface area (Å²) < 4.78 is 10.8. The number of benzene rings is 1. The van der Waals surface area contributed by atoms with Crippen molar-refractivity contribution in [2.24, 2.45) is 0 Å². The molecule has 4 rings (SSSR count). The third kappa shape index (κ3) is 3.00. The van der Waals surface area contributed by atoms with Gasteiger partial charge in [0.1, 0.15) is 11.6 Å². The van der Waals surface area contributed by atoms with Gasteiger partial charge in [0.2, 0.25) is 12.7 Å². The summed E-state index contributed by atoms with van der Waals surface area (Å²) in [5, 5.41) is 0. The lowest BCUT2D eigenvalue weighted by molar-refractivity contribution is 0.174. The summed E-state index contributed by atoms with van der Waals surface area (Å²) in [5.74, 6) is 3.07. The Morgan fingerprint density at radius 3 is 2.54 bits per heavy atom. The Kier molecular flexibility index (Phi) is 3.73. The minimum atomic E-state index is 0.216. The number of nitrogen functional groups attached to an aromatic ring is 2. The molecule has 24 heavy (non-hydrogen) atoms. The first-order valence-corrected chi connectivity index (χ1v) is 7.93. The van der Waals surface area contributed by atoms with Gasteiger partial charge in [-0.3, -0.25) is 4.90 Å². The molecule has 1 aromatic heterocycles. The lowest BCUT2D eigenvalue weighted by Gasteiger charge is -2.35. The van der Waals surface area contributed by atoms with Crippen LogP contribution in [0.1, 0.15) is 5.56 Å². The molecular formula is C16H20N6O2. The van der Waals surface area contributed by atoms with Crippen molar-refractivity contribution in [3.8, 4) is 11.5 Å². The standard InChI is InChI=1S/C16H20N6O2/c17-14-8-15(20-16(18)19-14)22-5-3-21(4-6-22)9-11-1-2-12-13(7-11)24-10-23-12/h1-2,7-8H,3-6,9-10H2,(H4,17,18,19,20). The van der Waals surface area contributed by atoms with Gasteiger partial charge in [0, 0.05) is 38.8 Å². The average molecular weight is 328 g/mol. The third-order valence-corrected chi connectivity index (χ3v) is 4.29. The minimum absolute atomic E-state index is 0.216. The molecule has 2 aliphatic rings. The first-order valence-electron chi connectivity index (χ1n) is 7.93. The molecule has 1 saturated heterocycles.